The second kappa shape index (κ2) is 8.97. The molecule has 10 nitrogen and oxygen atoms in total. The summed E-state index contributed by atoms with van der Waals surface area (Å²) in [6.07, 6.45) is 1.72. The van der Waals surface area contributed by atoms with E-state index in [1.807, 2.05) is 24.3 Å². The second-order valence-electron chi connectivity index (χ2n) is 7.46. The first-order valence-corrected chi connectivity index (χ1v) is 11.5. The Hall–Kier alpha value is -3.44. The van der Waals surface area contributed by atoms with Gasteiger partial charge in [-0.2, -0.15) is 4.31 Å². The molecular weight excluding hydrogens is 432 g/mol. The van der Waals surface area contributed by atoms with Gasteiger partial charge >= 0.3 is 0 Å². The Bertz CT molecular complexity index is 1200. The van der Waals surface area contributed by atoms with Crippen molar-refractivity contribution >= 4 is 21.7 Å². The Balaban J connectivity index is 1.34. The zero-order chi connectivity index (χ0) is 22.7. The Kier molecular flexibility index (Phi) is 6.10. The number of rotatable bonds is 6. The van der Waals surface area contributed by atoms with Crippen LogP contribution in [0.25, 0.3) is 5.69 Å². The van der Waals surface area contributed by atoms with Crippen LogP contribution >= 0.6 is 0 Å². The molecule has 1 aliphatic rings. The molecule has 0 spiro atoms. The Morgan fingerprint density at radius 2 is 1.59 bits per heavy atom. The molecule has 1 saturated heterocycles. The monoisotopic (exact) mass is 454 g/mol. The largest absolute Gasteiger partial charge is 0.340 e. The lowest BCUT2D eigenvalue weighted by Gasteiger charge is -2.34. The minimum atomic E-state index is -3.67. The summed E-state index contributed by atoms with van der Waals surface area (Å²) in [5.41, 5.74) is 2.11. The smallest absolute Gasteiger partial charge is 0.243 e. The quantitative estimate of drug-likeness (QED) is 0.509. The summed E-state index contributed by atoms with van der Waals surface area (Å²) in [4.78, 5) is 25.9. The molecule has 3 aromatic rings. The number of hydrogen-bond acceptors (Lipinski definition) is 7. The van der Waals surface area contributed by atoms with Crippen molar-refractivity contribution in [3.8, 4) is 5.69 Å². The molecule has 0 atom stereocenters. The molecule has 32 heavy (non-hydrogen) atoms. The number of benzene rings is 2. The molecule has 1 aliphatic heterocycles. The molecule has 0 N–H and O–H groups in total. The minimum absolute atomic E-state index is 0.0527. The summed E-state index contributed by atoms with van der Waals surface area (Å²) in [5, 5.41) is 11.0. The van der Waals surface area contributed by atoms with Crippen LogP contribution in [-0.2, 0) is 21.2 Å². The zero-order valence-electron chi connectivity index (χ0n) is 17.5. The summed E-state index contributed by atoms with van der Waals surface area (Å²) in [6.45, 7) is 2.53. The van der Waals surface area contributed by atoms with E-state index in [0.29, 0.717) is 18.7 Å². The number of carbonyl (C=O) groups is 2. The van der Waals surface area contributed by atoms with Gasteiger partial charge in [-0.3, -0.25) is 9.59 Å². The van der Waals surface area contributed by atoms with E-state index in [9.17, 15) is 18.0 Å². The highest BCUT2D eigenvalue weighted by molar-refractivity contribution is 7.89. The van der Waals surface area contributed by atoms with Crippen LogP contribution in [0, 0.1) is 0 Å². The maximum atomic E-state index is 12.9. The number of aromatic nitrogens is 4. The molecule has 0 aliphatic carbocycles. The maximum Gasteiger partial charge on any atom is 0.243 e. The van der Waals surface area contributed by atoms with Crippen LogP contribution in [0.4, 0.5) is 0 Å². The predicted molar refractivity (Wildman–Crippen MR) is 115 cm³/mol. The van der Waals surface area contributed by atoms with Crippen molar-refractivity contribution in [2.75, 3.05) is 26.2 Å². The Morgan fingerprint density at radius 1 is 0.938 bits per heavy atom. The lowest BCUT2D eigenvalue weighted by atomic mass is 10.1. The van der Waals surface area contributed by atoms with Gasteiger partial charge in [-0.05, 0) is 47.2 Å². The zero-order valence-corrected chi connectivity index (χ0v) is 18.3. The molecule has 2 heterocycles. The number of piperazine rings is 1. The predicted octanol–water partition coefficient (Wildman–Crippen LogP) is 0.940. The standard InChI is InChI=1S/C21H22N6O4S/c1-16(28)18-4-8-20(9-5-18)32(30,31)26-12-10-25(11-13-26)21(29)14-17-2-6-19(7-3-17)27-15-22-23-24-27/h2-9,15H,10-14H2,1H3. The van der Waals surface area contributed by atoms with Crippen molar-refractivity contribution in [1.82, 2.24) is 29.4 Å². The molecular formula is C21H22N6O4S. The number of ketones is 1. The third kappa shape index (κ3) is 4.58. The third-order valence-corrected chi connectivity index (χ3v) is 7.31. The van der Waals surface area contributed by atoms with Crippen LogP contribution in [0.2, 0.25) is 0 Å². The molecule has 11 heteroatoms. The summed E-state index contributed by atoms with van der Waals surface area (Å²) in [6, 6.07) is 13.3. The number of nitrogens with zero attached hydrogens (tertiary/aromatic N) is 6. The van der Waals surface area contributed by atoms with E-state index in [0.717, 1.165) is 11.3 Å². The SMILES string of the molecule is CC(=O)c1ccc(S(=O)(=O)N2CCN(C(=O)Cc3ccc(-n4cnnn4)cc3)CC2)cc1. The molecule has 1 amide bonds. The van der Waals surface area contributed by atoms with Crippen molar-refractivity contribution in [3.63, 3.8) is 0 Å². The molecule has 0 unspecified atom stereocenters. The molecule has 1 fully saturated rings. The fourth-order valence-electron chi connectivity index (χ4n) is 3.52. The normalized spacial score (nSPS) is 15.0. The van der Waals surface area contributed by atoms with Crippen molar-refractivity contribution in [1.29, 1.82) is 0 Å². The minimum Gasteiger partial charge on any atom is -0.340 e. The van der Waals surface area contributed by atoms with E-state index in [-0.39, 0.29) is 36.1 Å². The first kappa shape index (κ1) is 21.8. The van der Waals surface area contributed by atoms with E-state index in [1.165, 1.54) is 46.5 Å². The van der Waals surface area contributed by atoms with Crippen molar-refractivity contribution in [2.24, 2.45) is 0 Å². The van der Waals surface area contributed by atoms with Crippen LogP contribution in [0.5, 0.6) is 0 Å². The Labute approximate surface area is 185 Å². The van der Waals surface area contributed by atoms with Crippen LogP contribution in [0.15, 0.2) is 59.8 Å². The molecule has 0 bridgehead atoms. The first-order valence-electron chi connectivity index (χ1n) is 10.1. The number of carbonyl (C=O) groups excluding carboxylic acids is 2. The second-order valence-corrected chi connectivity index (χ2v) is 9.40. The van der Waals surface area contributed by atoms with Gasteiger partial charge in [0.05, 0.1) is 17.0 Å². The fraction of sp³-hybridized carbons (Fsp3) is 0.286. The number of Topliss-reactive ketones (excluding diaryl/α,β-unsaturated/α-hetero) is 1. The van der Waals surface area contributed by atoms with E-state index in [1.54, 1.807) is 4.90 Å². The fourth-order valence-corrected chi connectivity index (χ4v) is 4.94. The summed E-state index contributed by atoms with van der Waals surface area (Å²) in [5.74, 6) is -0.172. The Morgan fingerprint density at radius 3 is 2.16 bits per heavy atom. The van der Waals surface area contributed by atoms with Gasteiger partial charge in [-0.1, -0.05) is 24.3 Å². The highest BCUT2D eigenvalue weighted by Crippen LogP contribution is 2.19. The number of amides is 1. The average molecular weight is 455 g/mol. The third-order valence-electron chi connectivity index (χ3n) is 5.40. The summed E-state index contributed by atoms with van der Waals surface area (Å²) >= 11 is 0. The van der Waals surface area contributed by atoms with Crippen molar-refractivity contribution < 1.29 is 18.0 Å². The number of tetrazole rings is 1. The van der Waals surface area contributed by atoms with Gasteiger partial charge in [0.25, 0.3) is 0 Å². The molecule has 0 saturated carbocycles. The molecule has 2 aromatic carbocycles. The van der Waals surface area contributed by atoms with Gasteiger partial charge in [-0.25, -0.2) is 13.1 Å². The van der Waals surface area contributed by atoms with Crippen LogP contribution in [0.3, 0.4) is 0 Å². The average Bonchev–Trinajstić information content (AvgIpc) is 3.35. The highest BCUT2D eigenvalue weighted by atomic mass is 32.2. The molecule has 1 aromatic heterocycles. The van der Waals surface area contributed by atoms with E-state index < -0.39 is 10.0 Å². The van der Waals surface area contributed by atoms with Crippen LogP contribution < -0.4 is 0 Å². The van der Waals surface area contributed by atoms with Gasteiger partial charge in [0.1, 0.15) is 6.33 Å². The number of sulfonamides is 1. The lowest BCUT2D eigenvalue weighted by molar-refractivity contribution is -0.131. The summed E-state index contributed by atoms with van der Waals surface area (Å²) < 4.78 is 28.7. The van der Waals surface area contributed by atoms with Gasteiger partial charge in [0.2, 0.25) is 15.9 Å². The molecule has 166 valence electrons. The molecule has 4 rings (SSSR count). The highest BCUT2D eigenvalue weighted by Gasteiger charge is 2.30. The first-order chi connectivity index (χ1) is 15.3. The van der Waals surface area contributed by atoms with E-state index in [2.05, 4.69) is 15.5 Å². The van der Waals surface area contributed by atoms with Gasteiger partial charge in [0.15, 0.2) is 5.78 Å². The van der Waals surface area contributed by atoms with E-state index in [4.69, 9.17) is 0 Å². The van der Waals surface area contributed by atoms with Gasteiger partial charge < -0.3 is 4.90 Å². The maximum absolute atomic E-state index is 12.9. The van der Waals surface area contributed by atoms with Gasteiger partial charge in [0, 0.05) is 31.7 Å². The molecule has 0 radical (unpaired) electrons. The van der Waals surface area contributed by atoms with Crippen LogP contribution in [-0.4, -0.2) is 75.7 Å². The van der Waals surface area contributed by atoms with E-state index >= 15 is 0 Å². The van der Waals surface area contributed by atoms with Crippen LogP contribution in [0.1, 0.15) is 22.8 Å². The van der Waals surface area contributed by atoms with Crippen molar-refractivity contribution in [2.45, 2.75) is 18.2 Å². The summed E-state index contributed by atoms with van der Waals surface area (Å²) in [7, 11) is -3.67. The lowest BCUT2D eigenvalue weighted by Crippen LogP contribution is -2.50. The number of hydrogen-bond donors (Lipinski definition) is 0. The van der Waals surface area contributed by atoms with Gasteiger partial charge in [-0.15, -0.1) is 5.10 Å². The topological polar surface area (TPSA) is 118 Å². The van der Waals surface area contributed by atoms with Crippen molar-refractivity contribution in [3.05, 3.63) is 66.0 Å².